The van der Waals surface area contributed by atoms with Gasteiger partial charge in [-0.2, -0.15) is 0 Å². The molecule has 1 N–H and O–H groups in total. The van der Waals surface area contributed by atoms with Gasteiger partial charge < -0.3 is 14.7 Å². The Morgan fingerprint density at radius 2 is 2.00 bits per heavy atom. The van der Waals surface area contributed by atoms with Gasteiger partial charge in [0.15, 0.2) is 5.60 Å². The van der Waals surface area contributed by atoms with E-state index < -0.39 is 11.5 Å². The van der Waals surface area contributed by atoms with Gasteiger partial charge in [0, 0.05) is 16.5 Å². The quantitative estimate of drug-likeness (QED) is 0.782. The molecule has 6 heteroatoms. The fourth-order valence-corrected chi connectivity index (χ4v) is 3.60. The molecule has 2 aromatic carbocycles. The number of carbonyl (C=O) groups excluding carboxylic acids is 2. The number of ketones is 1. The molecule has 0 bridgehead atoms. The summed E-state index contributed by atoms with van der Waals surface area (Å²) in [5.74, 6) is 0.0214. The second-order valence-corrected chi connectivity index (χ2v) is 7.39. The number of anilines is 1. The maximum atomic E-state index is 12.9. The van der Waals surface area contributed by atoms with Crippen LogP contribution in [-0.2, 0) is 15.2 Å². The number of nitrogens with zero attached hydrogens (tertiary/aromatic N) is 1. The Morgan fingerprint density at radius 1 is 1.27 bits per heavy atom. The average molecular weight is 418 g/mol. The summed E-state index contributed by atoms with van der Waals surface area (Å²) in [5.41, 5.74) is 0.240. The van der Waals surface area contributed by atoms with Crippen LogP contribution >= 0.6 is 15.9 Å². The van der Waals surface area contributed by atoms with Gasteiger partial charge in [-0.15, -0.1) is 0 Å². The van der Waals surface area contributed by atoms with Crippen LogP contribution in [0.3, 0.4) is 0 Å². The van der Waals surface area contributed by atoms with Crippen molar-refractivity contribution in [3.8, 4) is 5.75 Å². The largest absolute Gasteiger partial charge is 0.491 e. The van der Waals surface area contributed by atoms with Gasteiger partial charge in [0.05, 0.1) is 12.2 Å². The van der Waals surface area contributed by atoms with Crippen molar-refractivity contribution in [2.24, 2.45) is 0 Å². The van der Waals surface area contributed by atoms with Crippen molar-refractivity contribution >= 4 is 33.3 Å². The molecule has 2 aromatic rings. The van der Waals surface area contributed by atoms with Crippen LogP contribution in [0.15, 0.2) is 46.9 Å². The summed E-state index contributed by atoms with van der Waals surface area (Å²) in [6.07, 6.45) is -0.246. The molecule has 0 fully saturated rings. The van der Waals surface area contributed by atoms with Crippen molar-refractivity contribution in [2.75, 3.05) is 18.1 Å². The lowest BCUT2D eigenvalue weighted by molar-refractivity contribution is -0.141. The number of carbonyl (C=O) groups is 2. The molecule has 0 aromatic heterocycles. The van der Waals surface area contributed by atoms with Crippen LogP contribution in [0.5, 0.6) is 5.75 Å². The monoisotopic (exact) mass is 417 g/mol. The number of Topliss-reactive ketones (excluding diaryl/α,β-unsaturated/α-hetero) is 1. The van der Waals surface area contributed by atoms with Crippen LogP contribution in [0.4, 0.5) is 5.69 Å². The van der Waals surface area contributed by atoms with Gasteiger partial charge in [-0.05, 0) is 43.7 Å². The molecule has 1 amide bonds. The first-order valence-electron chi connectivity index (χ1n) is 8.35. The lowest BCUT2D eigenvalue weighted by Crippen LogP contribution is -2.43. The Balaban J connectivity index is 1.83. The van der Waals surface area contributed by atoms with E-state index in [-0.39, 0.29) is 25.4 Å². The normalized spacial score (nSPS) is 18.8. The third-order valence-electron chi connectivity index (χ3n) is 4.46. The molecule has 0 saturated heterocycles. The number of benzene rings is 2. The van der Waals surface area contributed by atoms with E-state index >= 15 is 0 Å². The summed E-state index contributed by atoms with van der Waals surface area (Å²) in [6, 6.07) is 12.9. The Bertz CT molecular complexity index is 867. The molecule has 5 nitrogen and oxygen atoms in total. The highest BCUT2D eigenvalue weighted by Crippen LogP contribution is 2.43. The standard InChI is InChI=1S/C20H20BrNO4/c1-13-5-3-4-6-18(13)26-10-9-22-17-8-7-15(21)11-16(17)20(25,19(22)24)12-14(2)23/h3-8,11,25H,9-10,12H2,1-2H3/t20-/m1/s1. The number of rotatable bonds is 6. The van der Waals surface area contributed by atoms with Crippen molar-refractivity contribution in [1.29, 1.82) is 0 Å². The van der Waals surface area contributed by atoms with E-state index in [2.05, 4.69) is 15.9 Å². The summed E-state index contributed by atoms with van der Waals surface area (Å²) in [4.78, 5) is 26.0. The number of halogens is 1. The third kappa shape index (κ3) is 3.39. The number of hydrogen-bond donors (Lipinski definition) is 1. The molecule has 0 unspecified atom stereocenters. The maximum Gasteiger partial charge on any atom is 0.264 e. The Hall–Kier alpha value is -2.18. The zero-order chi connectivity index (χ0) is 18.9. The molecule has 0 radical (unpaired) electrons. The number of amides is 1. The second-order valence-electron chi connectivity index (χ2n) is 6.47. The highest BCUT2D eigenvalue weighted by atomic mass is 79.9. The fraction of sp³-hybridized carbons (Fsp3) is 0.300. The van der Waals surface area contributed by atoms with E-state index in [1.54, 1.807) is 18.2 Å². The van der Waals surface area contributed by atoms with Gasteiger partial charge in [0.1, 0.15) is 18.1 Å². The summed E-state index contributed by atoms with van der Waals surface area (Å²) < 4.78 is 6.52. The summed E-state index contributed by atoms with van der Waals surface area (Å²) in [5, 5.41) is 11.0. The van der Waals surface area contributed by atoms with E-state index in [1.165, 1.54) is 11.8 Å². The van der Waals surface area contributed by atoms with Crippen LogP contribution in [-0.4, -0.2) is 29.9 Å². The minimum absolute atomic E-state index is 0.246. The number of ether oxygens (including phenoxy) is 1. The summed E-state index contributed by atoms with van der Waals surface area (Å²) in [6.45, 7) is 3.88. The molecule has 3 rings (SSSR count). The average Bonchev–Trinajstić information content (AvgIpc) is 2.77. The smallest absolute Gasteiger partial charge is 0.264 e. The number of para-hydroxylation sites is 1. The molecule has 1 atom stereocenters. The molecule has 1 aliphatic heterocycles. The van der Waals surface area contributed by atoms with Crippen LogP contribution in [0.25, 0.3) is 0 Å². The molecule has 1 heterocycles. The molecular weight excluding hydrogens is 398 g/mol. The van der Waals surface area contributed by atoms with Gasteiger partial charge >= 0.3 is 0 Å². The van der Waals surface area contributed by atoms with E-state index in [0.29, 0.717) is 11.3 Å². The predicted octanol–water partition coefficient (Wildman–Crippen LogP) is 3.35. The first kappa shape index (κ1) is 18.6. The van der Waals surface area contributed by atoms with Crippen molar-refractivity contribution in [3.05, 3.63) is 58.1 Å². The van der Waals surface area contributed by atoms with E-state index in [0.717, 1.165) is 15.8 Å². The number of aliphatic hydroxyl groups is 1. The van der Waals surface area contributed by atoms with Crippen LogP contribution in [0.2, 0.25) is 0 Å². The lowest BCUT2D eigenvalue weighted by Gasteiger charge is -2.22. The van der Waals surface area contributed by atoms with Crippen LogP contribution in [0, 0.1) is 6.92 Å². The Morgan fingerprint density at radius 3 is 2.69 bits per heavy atom. The summed E-state index contributed by atoms with van der Waals surface area (Å²) >= 11 is 3.36. The van der Waals surface area contributed by atoms with E-state index in [4.69, 9.17) is 4.74 Å². The minimum atomic E-state index is -1.83. The van der Waals surface area contributed by atoms with Crippen molar-refractivity contribution < 1.29 is 19.4 Å². The van der Waals surface area contributed by atoms with Gasteiger partial charge in [-0.3, -0.25) is 9.59 Å². The van der Waals surface area contributed by atoms with E-state index in [9.17, 15) is 14.7 Å². The Kier molecular flexibility index (Phi) is 5.16. The first-order valence-corrected chi connectivity index (χ1v) is 9.14. The fourth-order valence-electron chi connectivity index (χ4n) is 3.24. The SMILES string of the molecule is CC(=O)C[C@]1(O)C(=O)N(CCOc2ccccc2C)c2ccc(Br)cc21. The molecular formula is C20H20BrNO4. The predicted molar refractivity (Wildman–Crippen MR) is 102 cm³/mol. The highest BCUT2D eigenvalue weighted by molar-refractivity contribution is 9.10. The minimum Gasteiger partial charge on any atom is -0.491 e. The second kappa shape index (κ2) is 7.21. The van der Waals surface area contributed by atoms with Gasteiger partial charge in [-0.1, -0.05) is 34.1 Å². The molecule has 1 aliphatic rings. The maximum absolute atomic E-state index is 12.9. The summed E-state index contributed by atoms with van der Waals surface area (Å²) in [7, 11) is 0. The molecule has 0 spiro atoms. The molecule has 26 heavy (non-hydrogen) atoms. The number of hydrogen-bond acceptors (Lipinski definition) is 4. The highest BCUT2D eigenvalue weighted by Gasteiger charge is 2.50. The Labute approximate surface area is 160 Å². The molecule has 136 valence electrons. The van der Waals surface area contributed by atoms with E-state index in [1.807, 2.05) is 31.2 Å². The number of aryl methyl sites for hydroxylation is 1. The van der Waals surface area contributed by atoms with Gasteiger partial charge in [0.2, 0.25) is 0 Å². The third-order valence-corrected chi connectivity index (χ3v) is 4.96. The van der Waals surface area contributed by atoms with Crippen molar-refractivity contribution in [3.63, 3.8) is 0 Å². The number of fused-ring (bicyclic) bond motifs is 1. The van der Waals surface area contributed by atoms with Crippen LogP contribution in [0.1, 0.15) is 24.5 Å². The molecule has 0 saturated carbocycles. The van der Waals surface area contributed by atoms with Gasteiger partial charge in [-0.25, -0.2) is 0 Å². The zero-order valence-corrected chi connectivity index (χ0v) is 16.2. The lowest BCUT2D eigenvalue weighted by atomic mass is 9.90. The van der Waals surface area contributed by atoms with Crippen molar-refractivity contribution in [2.45, 2.75) is 25.9 Å². The van der Waals surface area contributed by atoms with Crippen molar-refractivity contribution in [1.82, 2.24) is 0 Å². The molecule has 0 aliphatic carbocycles. The first-order chi connectivity index (χ1) is 12.3. The van der Waals surface area contributed by atoms with Crippen LogP contribution < -0.4 is 9.64 Å². The van der Waals surface area contributed by atoms with Gasteiger partial charge in [0.25, 0.3) is 5.91 Å². The zero-order valence-electron chi connectivity index (χ0n) is 14.7. The topological polar surface area (TPSA) is 66.8 Å².